The molecule has 3 saturated heterocycles. The smallest absolute Gasteiger partial charge is 0.220 e. The number of allylic oxidation sites excluding steroid dienone is 7. The SMILES string of the molecule is CCC/C=C/CC/C=C/C(O)C(COC1OC(CO)C(OC2OC(CO)C(OC3OC(CO)C(O)C(O)C3O)C(O)C2O)C(O)C1O)NC(=O)CCCCCCCCCCCCCCCCC/C=C\C/C=C\CCCCCCC. The molecule has 0 aromatic heterocycles. The van der Waals surface area contributed by atoms with Crippen molar-refractivity contribution >= 4 is 5.91 Å². The average Bonchev–Trinajstić information content (AvgIpc) is 3.48. The topological polar surface area (TPSA) is 307 Å². The zero-order valence-corrected chi connectivity index (χ0v) is 47.8. The number of nitrogens with one attached hydrogen (secondary N) is 1. The highest BCUT2D eigenvalue weighted by molar-refractivity contribution is 5.76. The summed E-state index contributed by atoms with van der Waals surface area (Å²) in [4.78, 5) is 13.2. The zero-order chi connectivity index (χ0) is 57.6. The van der Waals surface area contributed by atoms with E-state index in [2.05, 4.69) is 55.6 Å². The number of ether oxygens (including phenoxy) is 6. The van der Waals surface area contributed by atoms with Crippen LogP contribution in [0.2, 0.25) is 0 Å². The van der Waals surface area contributed by atoms with E-state index in [0.29, 0.717) is 12.8 Å². The van der Waals surface area contributed by atoms with Crippen LogP contribution in [0.25, 0.3) is 0 Å². The average molecular weight is 1130 g/mol. The number of rotatable bonds is 44. The Kier molecular flexibility index (Phi) is 39.0. The van der Waals surface area contributed by atoms with Crippen LogP contribution in [0.4, 0.5) is 0 Å². The summed E-state index contributed by atoms with van der Waals surface area (Å²) in [5.41, 5.74) is 0. The van der Waals surface area contributed by atoms with Crippen molar-refractivity contribution in [2.75, 3.05) is 26.4 Å². The highest BCUT2D eigenvalue weighted by Gasteiger charge is 2.53. The fraction of sp³-hybridized carbons (Fsp3) is 0.850. The van der Waals surface area contributed by atoms with Crippen LogP contribution in [0.5, 0.6) is 0 Å². The van der Waals surface area contributed by atoms with Crippen molar-refractivity contribution in [3.8, 4) is 0 Å². The Morgan fingerprint density at radius 3 is 1.38 bits per heavy atom. The van der Waals surface area contributed by atoms with E-state index < -0.39 is 124 Å². The summed E-state index contributed by atoms with van der Waals surface area (Å²) in [6.07, 6.45) is 21.6. The first kappa shape index (κ1) is 71.0. The van der Waals surface area contributed by atoms with Gasteiger partial charge in [0, 0.05) is 6.42 Å². The molecule has 0 spiro atoms. The van der Waals surface area contributed by atoms with Crippen molar-refractivity contribution < 1.29 is 89.4 Å². The highest BCUT2D eigenvalue weighted by Crippen LogP contribution is 2.33. The normalized spacial score (nSPS) is 30.6. The Morgan fingerprint density at radius 1 is 0.456 bits per heavy atom. The molecule has 460 valence electrons. The summed E-state index contributed by atoms with van der Waals surface area (Å²) < 4.78 is 34.1. The van der Waals surface area contributed by atoms with Gasteiger partial charge in [0.15, 0.2) is 18.9 Å². The van der Waals surface area contributed by atoms with Gasteiger partial charge < -0.3 is 89.9 Å². The van der Waals surface area contributed by atoms with E-state index in [0.717, 1.165) is 44.9 Å². The number of unbranched alkanes of at least 4 members (excludes halogenated alkanes) is 22. The summed E-state index contributed by atoms with van der Waals surface area (Å²) >= 11 is 0. The predicted molar refractivity (Wildman–Crippen MR) is 300 cm³/mol. The number of carbonyl (C=O) groups excluding carboxylic acids is 1. The second-order valence-electron chi connectivity index (χ2n) is 21.8. The fourth-order valence-electron chi connectivity index (χ4n) is 10.1. The molecule has 79 heavy (non-hydrogen) atoms. The first-order chi connectivity index (χ1) is 38.3. The van der Waals surface area contributed by atoms with Gasteiger partial charge in [-0.2, -0.15) is 0 Å². The molecule has 3 aliphatic heterocycles. The molecule has 0 radical (unpaired) electrons. The lowest BCUT2D eigenvalue weighted by Crippen LogP contribution is -2.66. The monoisotopic (exact) mass is 1130 g/mol. The minimum atomic E-state index is -1.98. The van der Waals surface area contributed by atoms with Crippen molar-refractivity contribution in [2.45, 2.75) is 298 Å². The van der Waals surface area contributed by atoms with Gasteiger partial charge in [-0.05, 0) is 57.8 Å². The molecule has 17 atom stereocenters. The van der Waals surface area contributed by atoms with Crippen LogP contribution in [0.3, 0.4) is 0 Å². The molecule has 17 unspecified atom stereocenters. The van der Waals surface area contributed by atoms with E-state index in [9.17, 15) is 61.0 Å². The lowest BCUT2D eigenvalue weighted by Gasteiger charge is -2.48. The van der Waals surface area contributed by atoms with E-state index in [1.807, 2.05) is 6.08 Å². The second-order valence-corrected chi connectivity index (χ2v) is 21.8. The Hall–Kier alpha value is -2.25. The third-order valence-corrected chi connectivity index (χ3v) is 15.1. The number of aliphatic hydroxyl groups excluding tert-OH is 11. The number of carbonyl (C=O) groups is 1. The van der Waals surface area contributed by atoms with Crippen LogP contribution < -0.4 is 5.32 Å². The van der Waals surface area contributed by atoms with Crippen LogP contribution in [-0.4, -0.2) is 193 Å². The van der Waals surface area contributed by atoms with E-state index in [1.54, 1.807) is 6.08 Å². The van der Waals surface area contributed by atoms with Crippen LogP contribution in [0, 0.1) is 0 Å². The molecule has 0 bridgehead atoms. The molecule has 3 fully saturated rings. The largest absolute Gasteiger partial charge is 0.394 e. The quantitative estimate of drug-likeness (QED) is 0.0265. The molecule has 19 nitrogen and oxygen atoms in total. The predicted octanol–water partition coefficient (Wildman–Crippen LogP) is 5.48. The molecular formula is C60H107NO18. The summed E-state index contributed by atoms with van der Waals surface area (Å²) in [6.45, 7) is 1.56. The van der Waals surface area contributed by atoms with Crippen molar-refractivity contribution in [1.82, 2.24) is 5.32 Å². The Morgan fingerprint density at radius 2 is 0.873 bits per heavy atom. The second kappa shape index (κ2) is 43.4. The van der Waals surface area contributed by atoms with E-state index in [1.165, 1.54) is 116 Å². The molecule has 3 heterocycles. The first-order valence-corrected chi connectivity index (χ1v) is 30.4. The van der Waals surface area contributed by atoms with Gasteiger partial charge >= 0.3 is 0 Å². The molecular weight excluding hydrogens is 1020 g/mol. The van der Waals surface area contributed by atoms with Crippen LogP contribution in [0.1, 0.15) is 194 Å². The molecule has 3 aliphatic rings. The van der Waals surface area contributed by atoms with Gasteiger partial charge in [0.2, 0.25) is 5.91 Å². The van der Waals surface area contributed by atoms with E-state index in [4.69, 9.17) is 28.4 Å². The summed E-state index contributed by atoms with van der Waals surface area (Å²) in [7, 11) is 0. The third kappa shape index (κ3) is 27.3. The number of hydrogen-bond acceptors (Lipinski definition) is 18. The maximum absolute atomic E-state index is 13.2. The first-order valence-electron chi connectivity index (χ1n) is 30.4. The van der Waals surface area contributed by atoms with Crippen molar-refractivity contribution in [3.05, 3.63) is 48.6 Å². The molecule has 0 saturated carbocycles. The number of hydrogen-bond donors (Lipinski definition) is 12. The Bertz CT molecular complexity index is 1630. The molecule has 12 N–H and O–H groups in total. The lowest BCUT2D eigenvalue weighted by molar-refractivity contribution is -0.379. The molecule has 0 aromatic carbocycles. The summed E-state index contributed by atoms with van der Waals surface area (Å²) in [5, 5.41) is 120. The standard InChI is InChI=1S/C60H107NO18/c1-3-5-7-9-11-12-13-14-15-16-17-18-19-20-21-22-23-24-25-26-27-28-29-30-32-34-36-38-48(66)61-43(44(65)37-35-33-31-10-8-6-4-2)42-74-58-54(72)51(69)56(46(40-63)76-58)79-60-55(73)52(70)57(47(41-64)77-60)78-59-53(71)50(68)49(67)45(39-62)75-59/h8,10,13-14,16-17,35,37,43-47,49-60,62-65,67-73H,3-7,9,11-12,15,18-34,36,38-42H2,1-2H3,(H,61,66)/b10-8+,14-13-,17-16-,37-35+. The van der Waals surface area contributed by atoms with Gasteiger partial charge in [-0.3, -0.25) is 4.79 Å². The van der Waals surface area contributed by atoms with Crippen LogP contribution >= 0.6 is 0 Å². The van der Waals surface area contributed by atoms with E-state index >= 15 is 0 Å². The maximum atomic E-state index is 13.2. The highest BCUT2D eigenvalue weighted by atomic mass is 16.8. The number of amides is 1. The van der Waals surface area contributed by atoms with Gasteiger partial charge in [-0.15, -0.1) is 0 Å². The third-order valence-electron chi connectivity index (χ3n) is 15.1. The van der Waals surface area contributed by atoms with Gasteiger partial charge in [0.1, 0.15) is 73.2 Å². The van der Waals surface area contributed by atoms with Gasteiger partial charge in [0.05, 0.1) is 38.6 Å². The minimum absolute atomic E-state index is 0.234. The maximum Gasteiger partial charge on any atom is 0.220 e. The van der Waals surface area contributed by atoms with Crippen molar-refractivity contribution in [3.63, 3.8) is 0 Å². The molecule has 0 aromatic rings. The fourth-order valence-corrected chi connectivity index (χ4v) is 10.1. The van der Waals surface area contributed by atoms with Gasteiger partial charge in [-0.1, -0.05) is 178 Å². The van der Waals surface area contributed by atoms with Crippen molar-refractivity contribution in [1.29, 1.82) is 0 Å². The van der Waals surface area contributed by atoms with Crippen LogP contribution in [-0.2, 0) is 33.2 Å². The number of aliphatic hydroxyl groups is 11. The lowest BCUT2D eigenvalue weighted by atomic mass is 9.96. The van der Waals surface area contributed by atoms with Crippen molar-refractivity contribution in [2.24, 2.45) is 0 Å². The Balaban J connectivity index is 1.38. The molecule has 19 heteroatoms. The zero-order valence-electron chi connectivity index (χ0n) is 47.8. The summed E-state index contributed by atoms with van der Waals surface area (Å²) in [6, 6.07) is -0.987. The molecule has 1 amide bonds. The van der Waals surface area contributed by atoms with Gasteiger partial charge in [-0.25, -0.2) is 0 Å². The molecule has 3 rings (SSSR count). The van der Waals surface area contributed by atoms with Crippen LogP contribution in [0.15, 0.2) is 48.6 Å². The van der Waals surface area contributed by atoms with Gasteiger partial charge in [0.25, 0.3) is 0 Å². The Labute approximate surface area is 472 Å². The minimum Gasteiger partial charge on any atom is -0.394 e. The molecule has 0 aliphatic carbocycles. The summed E-state index contributed by atoms with van der Waals surface area (Å²) in [5.74, 6) is -0.291. The van der Waals surface area contributed by atoms with E-state index in [-0.39, 0.29) is 18.9 Å².